The third-order valence-corrected chi connectivity index (χ3v) is 4.90. The molecule has 0 unspecified atom stereocenters. The van der Waals surface area contributed by atoms with Crippen LogP contribution in [0.2, 0.25) is 5.02 Å². The van der Waals surface area contributed by atoms with E-state index in [1.807, 2.05) is 0 Å². The van der Waals surface area contributed by atoms with Crippen LogP contribution in [0.15, 0.2) is 41.3 Å². The smallest absolute Gasteiger partial charge is 0.335 e. The molecule has 2 rings (SSSR count). The van der Waals surface area contributed by atoms with Crippen molar-refractivity contribution in [3.05, 3.63) is 58.1 Å². The Labute approximate surface area is 133 Å². The fourth-order valence-electron chi connectivity index (χ4n) is 1.96. The van der Waals surface area contributed by atoms with Gasteiger partial charge in [-0.05, 0) is 55.3 Å². The topological polar surface area (TPSA) is 83.5 Å². The number of carbonyl (C=O) groups is 1. The molecular weight excluding hydrogens is 326 g/mol. The third-order valence-electron chi connectivity index (χ3n) is 3.16. The Morgan fingerprint density at radius 2 is 1.77 bits per heavy atom. The lowest BCUT2D eigenvalue weighted by atomic mass is 10.1. The lowest BCUT2D eigenvalue weighted by molar-refractivity contribution is 0.0696. The van der Waals surface area contributed by atoms with Gasteiger partial charge in [-0.25, -0.2) is 13.2 Å². The molecule has 0 spiro atoms. The van der Waals surface area contributed by atoms with Gasteiger partial charge in [-0.15, -0.1) is 0 Å². The number of hydrogen-bond acceptors (Lipinski definition) is 3. The number of sulfonamides is 1. The number of carboxylic acid groups (broad SMARTS) is 1. The number of halogens is 1. The van der Waals surface area contributed by atoms with Gasteiger partial charge in [0.05, 0.1) is 16.1 Å². The summed E-state index contributed by atoms with van der Waals surface area (Å²) in [6.45, 7) is 3.33. The van der Waals surface area contributed by atoms with Crippen molar-refractivity contribution in [2.24, 2.45) is 0 Å². The molecule has 116 valence electrons. The Morgan fingerprint density at radius 1 is 1.09 bits per heavy atom. The van der Waals surface area contributed by atoms with Crippen molar-refractivity contribution in [2.45, 2.75) is 18.7 Å². The van der Waals surface area contributed by atoms with Crippen LogP contribution in [0, 0.1) is 13.8 Å². The predicted molar refractivity (Wildman–Crippen MR) is 85.1 cm³/mol. The van der Waals surface area contributed by atoms with E-state index < -0.39 is 16.0 Å². The molecule has 0 aliphatic carbocycles. The van der Waals surface area contributed by atoms with Gasteiger partial charge in [0.15, 0.2) is 0 Å². The minimum atomic E-state index is -3.89. The van der Waals surface area contributed by atoms with E-state index in [9.17, 15) is 13.2 Å². The first-order chi connectivity index (χ1) is 10.2. The number of anilines is 1. The van der Waals surface area contributed by atoms with Gasteiger partial charge >= 0.3 is 5.97 Å². The van der Waals surface area contributed by atoms with E-state index in [-0.39, 0.29) is 10.5 Å². The summed E-state index contributed by atoms with van der Waals surface area (Å²) in [5.41, 5.74) is 1.44. The minimum Gasteiger partial charge on any atom is -0.478 e. The fourth-order valence-corrected chi connectivity index (χ4v) is 3.59. The molecule has 0 radical (unpaired) electrons. The summed E-state index contributed by atoms with van der Waals surface area (Å²) >= 11 is 5.84. The maximum absolute atomic E-state index is 12.5. The van der Waals surface area contributed by atoms with Crippen molar-refractivity contribution in [1.82, 2.24) is 0 Å². The molecule has 0 atom stereocenters. The van der Waals surface area contributed by atoms with Gasteiger partial charge in [-0.1, -0.05) is 17.7 Å². The molecule has 2 aromatic rings. The quantitative estimate of drug-likeness (QED) is 0.893. The summed E-state index contributed by atoms with van der Waals surface area (Å²) < 4.78 is 27.5. The summed E-state index contributed by atoms with van der Waals surface area (Å²) in [5.74, 6) is -1.18. The highest BCUT2D eigenvalue weighted by Crippen LogP contribution is 2.24. The standard InChI is InChI=1S/C15H14ClNO4S/c1-9-3-4-11(15(18)19)8-14(9)22(20,21)17-13-6-5-12(16)7-10(13)2/h3-8,17H,1-2H3,(H,18,19). The number of aryl methyl sites for hydroxylation is 2. The summed E-state index contributed by atoms with van der Waals surface area (Å²) in [4.78, 5) is 10.9. The molecule has 0 aliphatic heterocycles. The van der Waals surface area contributed by atoms with E-state index in [0.717, 1.165) is 6.07 Å². The SMILES string of the molecule is Cc1cc(Cl)ccc1NS(=O)(=O)c1cc(C(=O)O)ccc1C. The number of carboxylic acids is 1. The van der Waals surface area contributed by atoms with Crippen LogP contribution in [0.1, 0.15) is 21.5 Å². The van der Waals surface area contributed by atoms with E-state index in [4.69, 9.17) is 16.7 Å². The number of benzene rings is 2. The number of aromatic carboxylic acids is 1. The van der Waals surface area contributed by atoms with Crippen molar-refractivity contribution in [1.29, 1.82) is 0 Å². The molecule has 0 aliphatic rings. The first kappa shape index (κ1) is 16.3. The largest absolute Gasteiger partial charge is 0.478 e. The van der Waals surface area contributed by atoms with Gasteiger partial charge in [0, 0.05) is 5.02 Å². The van der Waals surface area contributed by atoms with Crippen LogP contribution >= 0.6 is 11.6 Å². The van der Waals surface area contributed by atoms with Crippen LogP contribution in [-0.2, 0) is 10.0 Å². The molecule has 0 saturated carbocycles. The van der Waals surface area contributed by atoms with Crippen LogP contribution in [0.25, 0.3) is 0 Å². The minimum absolute atomic E-state index is 0.0678. The average Bonchev–Trinajstić information content (AvgIpc) is 2.42. The molecule has 5 nitrogen and oxygen atoms in total. The second-order valence-corrected chi connectivity index (χ2v) is 6.94. The van der Waals surface area contributed by atoms with Crippen molar-refractivity contribution in [3.8, 4) is 0 Å². The van der Waals surface area contributed by atoms with Gasteiger partial charge in [-0.3, -0.25) is 4.72 Å². The van der Waals surface area contributed by atoms with Crippen molar-refractivity contribution < 1.29 is 18.3 Å². The Bertz CT molecular complexity index is 847. The Morgan fingerprint density at radius 3 is 2.36 bits per heavy atom. The second kappa shape index (κ2) is 5.98. The maximum Gasteiger partial charge on any atom is 0.335 e. The van der Waals surface area contributed by atoms with Crippen LogP contribution < -0.4 is 4.72 Å². The Kier molecular flexibility index (Phi) is 4.44. The molecule has 22 heavy (non-hydrogen) atoms. The first-order valence-electron chi connectivity index (χ1n) is 6.33. The second-order valence-electron chi connectivity index (χ2n) is 4.85. The van der Waals surface area contributed by atoms with Gasteiger partial charge in [0.25, 0.3) is 10.0 Å². The highest BCUT2D eigenvalue weighted by molar-refractivity contribution is 7.92. The highest BCUT2D eigenvalue weighted by atomic mass is 35.5. The zero-order chi connectivity index (χ0) is 16.5. The summed E-state index contributed by atoms with van der Waals surface area (Å²) in [6.07, 6.45) is 0. The maximum atomic E-state index is 12.5. The molecule has 0 heterocycles. The van der Waals surface area contributed by atoms with Crippen LogP contribution in [0.4, 0.5) is 5.69 Å². The molecule has 0 saturated heterocycles. The Hall–Kier alpha value is -2.05. The molecular formula is C15H14ClNO4S. The molecule has 0 amide bonds. The van der Waals surface area contributed by atoms with Crippen molar-refractivity contribution in [3.63, 3.8) is 0 Å². The number of rotatable bonds is 4. The summed E-state index contributed by atoms with van der Waals surface area (Å²) in [5, 5.41) is 9.50. The first-order valence-corrected chi connectivity index (χ1v) is 8.20. The molecule has 0 bridgehead atoms. The monoisotopic (exact) mass is 339 g/mol. The summed E-state index contributed by atoms with van der Waals surface area (Å²) in [6, 6.07) is 8.75. The average molecular weight is 340 g/mol. The highest BCUT2D eigenvalue weighted by Gasteiger charge is 2.19. The molecule has 7 heteroatoms. The molecule has 0 fully saturated rings. The number of nitrogens with one attached hydrogen (secondary N) is 1. The van der Waals surface area contributed by atoms with Crippen molar-refractivity contribution in [2.75, 3.05) is 4.72 Å². The van der Waals surface area contributed by atoms with Gasteiger partial charge < -0.3 is 5.11 Å². The van der Waals surface area contributed by atoms with E-state index in [0.29, 0.717) is 21.8 Å². The van der Waals surface area contributed by atoms with Crippen LogP contribution in [0.5, 0.6) is 0 Å². The van der Waals surface area contributed by atoms with Crippen molar-refractivity contribution >= 4 is 33.3 Å². The van der Waals surface area contributed by atoms with Crippen LogP contribution in [-0.4, -0.2) is 19.5 Å². The zero-order valence-electron chi connectivity index (χ0n) is 11.9. The zero-order valence-corrected chi connectivity index (χ0v) is 13.5. The molecule has 2 N–H and O–H groups in total. The van der Waals surface area contributed by atoms with Crippen LogP contribution in [0.3, 0.4) is 0 Å². The number of hydrogen-bond donors (Lipinski definition) is 2. The Balaban J connectivity index is 2.46. The van der Waals surface area contributed by atoms with E-state index in [2.05, 4.69) is 4.72 Å². The van der Waals surface area contributed by atoms with Gasteiger partial charge in [0.2, 0.25) is 0 Å². The van der Waals surface area contributed by atoms with E-state index in [1.54, 1.807) is 32.0 Å². The van der Waals surface area contributed by atoms with Gasteiger partial charge in [0.1, 0.15) is 0 Å². The fraction of sp³-hybridized carbons (Fsp3) is 0.133. The molecule has 2 aromatic carbocycles. The molecule has 0 aromatic heterocycles. The van der Waals surface area contributed by atoms with E-state index in [1.165, 1.54) is 12.1 Å². The lowest BCUT2D eigenvalue weighted by Crippen LogP contribution is -2.16. The van der Waals surface area contributed by atoms with E-state index >= 15 is 0 Å². The third kappa shape index (κ3) is 3.40. The lowest BCUT2D eigenvalue weighted by Gasteiger charge is -2.13. The van der Waals surface area contributed by atoms with Gasteiger partial charge in [-0.2, -0.15) is 0 Å². The normalized spacial score (nSPS) is 11.2. The summed E-state index contributed by atoms with van der Waals surface area (Å²) in [7, 11) is -3.89. The predicted octanol–water partition coefficient (Wildman–Crippen LogP) is 3.46.